The summed E-state index contributed by atoms with van der Waals surface area (Å²) in [4.78, 5) is 12.9. The Morgan fingerprint density at radius 3 is 2.48 bits per heavy atom. The van der Waals surface area contributed by atoms with Crippen LogP contribution in [-0.4, -0.2) is 36.8 Å². The van der Waals surface area contributed by atoms with E-state index in [0.717, 1.165) is 22.2 Å². The molecule has 0 bridgehead atoms. The minimum atomic E-state index is -3.93. The molecule has 2 aromatic carbocycles. The third-order valence-electron chi connectivity index (χ3n) is 4.26. The number of nitrogens with zero attached hydrogens (tertiary/aromatic N) is 3. The Balaban J connectivity index is 1.74. The number of anilines is 2. The van der Waals surface area contributed by atoms with Gasteiger partial charge in [-0.25, -0.2) is 12.8 Å². The van der Waals surface area contributed by atoms with E-state index in [-0.39, 0.29) is 17.2 Å². The van der Waals surface area contributed by atoms with Crippen LogP contribution in [0.4, 0.5) is 15.2 Å². The summed E-state index contributed by atoms with van der Waals surface area (Å²) in [6, 6.07) is 14.2. The van der Waals surface area contributed by atoms with Crippen LogP contribution >= 0.6 is 23.1 Å². The summed E-state index contributed by atoms with van der Waals surface area (Å²) >= 11 is 2.68. The summed E-state index contributed by atoms with van der Waals surface area (Å²) in [5, 5.41) is 10.9. The molecule has 0 spiro atoms. The molecule has 0 aliphatic rings. The molecule has 0 aliphatic carbocycles. The standard InChI is InChI=1S/C20H21FN4O3S3/c1-3-16(25(31(2,27)28)17-12-8-7-11-15(17)21)18(26)22-19-23-24-20(30-19)29-13-14-9-5-4-6-10-14/h4-12,16H,3,13H2,1-2H3,(H,22,23,26). The normalized spacial score (nSPS) is 12.4. The largest absolute Gasteiger partial charge is 0.299 e. The lowest BCUT2D eigenvalue weighted by Crippen LogP contribution is -2.47. The van der Waals surface area contributed by atoms with Gasteiger partial charge < -0.3 is 0 Å². The first-order valence-electron chi connectivity index (χ1n) is 9.34. The van der Waals surface area contributed by atoms with Gasteiger partial charge in [-0.05, 0) is 24.1 Å². The zero-order valence-electron chi connectivity index (χ0n) is 16.9. The van der Waals surface area contributed by atoms with Crippen LogP contribution in [0.5, 0.6) is 0 Å². The van der Waals surface area contributed by atoms with E-state index in [0.29, 0.717) is 10.1 Å². The molecule has 0 saturated carbocycles. The fraction of sp³-hybridized carbons (Fsp3) is 0.250. The second-order valence-electron chi connectivity index (χ2n) is 6.57. The zero-order valence-corrected chi connectivity index (χ0v) is 19.3. The number of sulfonamides is 1. The third kappa shape index (κ3) is 6.02. The van der Waals surface area contributed by atoms with E-state index >= 15 is 0 Å². The molecule has 1 N–H and O–H groups in total. The van der Waals surface area contributed by atoms with Crippen molar-refractivity contribution in [3.8, 4) is 0 Å². The molecule has 11 heteroatoms. The molecule has 1 aromatic heterocycles. The molecule has 0 saturated heterocycles. The number of nitrogens with one attached hydrogen (secondary N) is 1. The highest BCUT2D eigenvalue weighted by atomic mass is 32.2. The van der Waals surface area contributed by atoms with E-state index in [2.05, 4.69) is 15.5 Å². The van der Waals surface area contributed by atoms with Gasteiger partial charge in [-0.15, -0.1) is 10.2 Å². The molecule has 3 aromatic rings. The van der Waals surface area contributed by atoms with Gasteiger partial charge in [0.2, 0.25) is 21.1 Å². The van der Waals surface area contributed by atoms with Gasteiger partial charge >= 0.3 is 0 Å². The molecule has 1 unspecified atom stereocenters. The van der Waals surface area contributed by atoms with E-state index in [4.69, 9.17) is 0 Å². The molecule has 31 heavy (non-hydrogen) atoms. The first-order valence-corrected chi connectivity index (χ1v) is 13.0. The van der Waals surface area contributed by atoms with E-state index in [1.54, 1.807) is 6.92 Å². The van der Waals surface area contributed by atoms with Crippen LogP contribution in [0.1, 0.15) is 18.9 Å². The monoisotopic (exact) mass is 480 g/mol. The van der Waals surface area contributed by atoms with Crippen molar-refractivity contribution in [1.82, 2.24) is 10.2 Å². The summed E-state index contributed by atoms with van der Waals surface area (Å²) in [6.45, 7) is 1.66. The fourth-order valence-corrected chi connectivity index (χ4v) is 5.82. The van der Waals surface area contributed by atoms with Crippen molar-refractivity contribution in [2.45, 2.75) is 29.5 Å². The minimum Gasteiger partial charge on any atom is -0.299 e. The number of thioether (sulfide) groups is 1. The van der Waals surface area contributed by atoms with E-state index in [1.807, 2.05) is 30.3 Å². The van der Waals surface area contributed by atoms with Gasteiger partial charge in [0, 0.05) is 5.75 Å². The maximum absolute atomic E-state index is 14.3. The fourth-order valence-electron chi connectivity index (χ4n) is 2.89. The summed E-state index contributed by atoms with van der Waals surface area (Å²) in [6.07, 6.45) is 1.08. The Kier molecular flexibility index (Phi) is 7.63. The van der Waals surface area contributed by atoms with Crippen molar-refractivity contribution in [2.24, 2.45) is 0 Å². The van der Waals surface area contributed by atoms with Crippen LogP contribution in [-0.2, 0) is 20.6 Å². The lowest BCUT2D eigenvalue weighted by atomic mass is 10.2. The van der Waals surface area contributed by atoms with Crippen molar-refractivity contribution in [3.63, 3.8) is 0 Å². The summed E-state index contributed by atoms with van der Waals surface area (Å²) in [7, 11) is -3.93. The smallest absolute Gasteiger partial charge is 0.250 e. The van der Waals surface area contributed by atoms with Crippen LogP contribution in [0.3, 0.4) is 0 Å². The average Bonchev–Trinajstić information content (AvgIpc) is 3.18. The number of amides is 1. The molecule has 3 rings (SSSR count). The molecular formula is C20H21FN4O3S3. The molecule has 1 heterocycles. The average molecular weight is 481 g/mol. The zero-order chi connectivity index (χ0) is 22.4. The molecular weight excluding hydrogens is 459 g/mol. The number of hydrogen-bond acceptors (Lipinski definition) is 7. The maximum Gasteiger partial charge on any atom is 0.250 e. The van der Waals surface area contributed by atoms with E-state index in [1.165, 1.54) is 41.3 Å². The number of carbonyl (C=O) groups excluding carboxylic acids is 1. The van der Waals surface area contributed by atoms with E-state index < -0.39 is 27.8 Å². The number of aromatic nitrogens is 2. The summed E-state index contributed by atoms with van der Waals surface area (Å²) in [5.41, 5.74) is 0.955. The van der Waals surface area contributed by atoms with Crippen LogP contribution < -0.4 is 9.62 Å². The highest BCUT2D eigenvalue weighted by molar-refractivity contribution is 8.00. The number of benzene rings is 2. The van der Waals surface area contributed by atoms with Gasteiger partial charge in [0.25, 0.3) is 0 Å². The minimum absolute atomic E-state index is 0.141. The Labute approximate surface area is 188 Å². The van der Waals surface area contributed by atoms with Crippen molar-refractivity contribution < 1.29 is 17.6 Å². The summed E-state index contributed by atoms with van der Waals surface area (Å²) in [5.74, 6) is -0.627. The van der Waals surface area contributed by atoms with Gasteiger partial charge in [0.05, 0.1) is 11.9 Å². The molecule has 164 valence electrons. The first-order chi connectivity index (χ1) is 14.8. The lowest BCUT2D eigenvalue weighted by Gasteiger charge is -2.29. The second-order valence-corrected chi connectivity index (χ2v) is 10.6. The predicted octanol–water partition coefficient (Wildman–Crippen LogP) is 4.15. The van der Waals surface area contributed by atoms with Crippen LogP contribution in [0.2, 0.25) is 0 Å². The number of carbonyl (C=O) groups is 1. The van der Waals surface area contributed by atoms with Crippen LogP contribution in [0.15, 0.2) is 58.9 Å². The number of rotatable bonds is 9. The van der Waals surface area contributed by atoms with Gasteiger partial charge in [-0.1, -0.05) is 72.5 Å². The van der Waals surface area contributed by atoms with Crippen LogP contribution in [0, 0.1) is 5.82 Å². The third-order valence-corrected chi connectivity index (χ3v) is 7.47. The van der Waals surface area contributed by atoms with Gasteiger partial charge in [0.1, 0.15) is 11.9 Å². The Bertz CT molecular complexity index is 1140. The number of hydrogen-bond donors (Lipinski definition) is 1. The molecule has 0 aliphatic heterocycles. The molecule has 0 radical (unpaired) electrons. The topological polar surface area (TPSA) is 92.3 Å². The summed E-state index contributed by atoms with van der Waals surface area (Å²) < 4.78 is 40.6. The maximum atomic E-state index is 14.3. The second kappa shape index (κ2) is 10.2. The molecule has 7 nitrogen and oxygen atoms in total. The first kappa shape index (κ1) is 23.2. The number of halogens is 1. The predicted molar refractivity (Wildman–Crippen MR) is 122 cm³/mol. The SMILES string of the molecule is CCC(C(=O)Nc1nnc(SCc2ccccc2)s1)N(c1ccccc1F)S(C)(=O)=O. The Hall–Kier alpha value is -2.50. The van der Waals surface area contributed by atoms with Gasteiger partial charge in [-0.3, -0.25) is 14.4 Å². The molecule has 1 amide bonds. The van der Waals surface area contributed by atoms with Crippen molar-refractivity contribution in [1.29, 1.82) is 0 Å². The van der Waals surface area contributed by atoms with Crippen molar-refractivity contribution in [2.75, 3.05) is 15.9 Å². The van der Waals surface area contributed by atoms with E-state index in [9.17, 15) is 17.6 Å². The highest BCUT2D eigenvalue weighted by Gasteiger charge is 2.33. The Morgan fingerprint density at radius 2 is 1.84 bits per heavy atom. The van der Waals surface area contributed by atoms with Gasteiger partial charge in [-0.2, -0.15) is 0 Å². The van der Waals surface area contributed by atoms with Crippen molar-refractivity contribution in [3.05, 3.63) is 66.0 Å². The number of para-hydroxylation sites is 1. The Morgan fingerprint density at radius 1 is 1.16 bits per heavy atom. The van der Waals surface area contributed by atoms with Crippen molar-refractivity contribution >= 4 is 49.8 Å². The molecule has 1 atom stereocenters. The highest BCUT2D eigenvalue weighted by Crippen LogP contribution is 2.30. The van der Waals surface area contributed by atoms with Gasteiger partial charge in [0.15, 0.2) is 4.34 Å². The lowest BCUT2D eigenvalue weighted by molar-refractivity contribution is -0.117. The van der Waals surface area contributed by atoms with Crippen LogP contribution in [0.25, 0.3) is 0 Å². The quantitative estimate of drug-likeness (QED) is 0.365. The molecule has 0 fully saturated rings.